The Labute approximate surface area is 72.0 Å². The molecule has 0 aliphatic rings. The highest BCUT2D eigenvalue weighted by atomic mass is 35.5. The van der Waals surface area contributed by atoms with Gasteiger partial charge in [-0.15, -0.1) is 12.4 Å². The third kappa shape index (κ3) is 3.05. The molecule has 1 aromatic carbocycles. The summed E-state index contributed by atoms with van der Waals surface area (Å²) in [5.74, 6) is 0. The zero-order valence-corrected chi connectivity index (χ0v) is 7.01. The lowest BCUT2D eigenvalue weighted by Crippen LogP contribution is -1.79. The molecule has 0 radical (unpaired) electrons. The first-order valence-corrected chi connectivity index (χ1v) is 3.07. The van der Waals surface area contributed by atoms with Crippen molar-refractivity contribution < 1.29 is 5.21 Å². The molecule has 3 heteroatoms. The third-order valence-electron chi connectivity index (χ3n) is 1.28. The fraction of sp³-hybridized carbons (Fsp3) is 0.125. The Balaban J connectivity index is 0.000001000. The fourth-order valence-electron chi connectivity index (χ4n) is 0.719. The van der Waals surface area contributed by atoms with Gasteiger partial charge in [-0.3, -0.25) is 0 Å². The number of nitrogens with zero attached hydrogens (tertiary/aromatic N) is 1. The molecule has 0 unspecified atom stereocenters. The lowest BCUT2D eigenvalue weighted by molar-refractivity contribution is 0.322. The van der Waals surface area contributed by atoms with Gasteiger partial charge in [0.05, 0.1) is 6.21 Å². The van der Waals surface area contributed by atoms with Crippen LogP contribution in [0.25, 0.3) is 0 Å². The van der Waals surface area contributed by atoms with Gasteiger partial charge in [-0.25, -0.2) is 0 Å². The van der Waals surface area contributed by atoms with Crippen molar-refractivity contribution in [2.45, 2.75) is 6.92 Å². The van der Waals surface area contributed by atoms with E-state index in [0.717, 1.165) is 5.56 Å². The Bertz CT molecular complexity index is 230. The number of halogens is 1. The van der Waals surface area contributed by atoms with Crippen LogP contribution < -0.4 is 0 Å². The van der Waals surface area contributed by atoms with Crippen LogP contribution in [0.2, 0.25) is 0 Å². The van der Waals surface area contributed by atoms with Crippen molar-refractivity contribution in [2.24, 2.45) is 5.16 Å². The average Bonchev–Trinajstić information content (AvgIpc) is 1.95. The van der Waals surface area contributed by atoms with E-state index in [4.69, 9.17) is 5.21 Å². The van der Waals surface area contributed by atoms with Crippen LogP contribution >= 0.6 is 12.4 Å². The van der Waals surface area contributed by atoms with Gasteiger partial charge in [-0.1, -0.05) is 35.0 Å². The van der Waals surface area contributed by atoms with Crippen molar-refractivity contribution in [1.82, 2.24) is 0 Å². The minimum Gasteiger partial charge on any atom is -0.411 e. The molecule has 2 nitrogen and oxygen atoms in total. The number of benzene rings is 1. The summed E-state index contributed by atoms with van der Waals surface area (Å²) in [5, 5.41) is 11.1. The topological polar surface area (TPSA) is 32.6 Å². The Hall–Kier alpha value is -1.02. The summed E-state index contributed by atoms with van der Waals surface area (Å²) < 4.78 is 0. The molecule has 0 aliphatic carbocycles. The van der Waals surface area contributed by atoms with E-state index in [1.54, 1.807) is 0 Å². The van der Waals surface area contributed by atoms with E-state index >= 15 is 0 Å². The summed E-state index contributed by atoms with van der Waals surface area (Å²) >= 11 is 0. The minimum absolute atomic E-state index is 0. The maximum Gasteiger partial charge on any atom is 0.0733 e. The van der Waals surface area contributed by atoms with Crippen LogP contribution in [0.15, 0.2) is 29.4 Å². The normalized spacial score (nSPS) is 9.55. The highest BCUT2D eigenvalue weighted by Gasteiger charge is 1.84. The van der Waals surface area contributed by atoms with E-state index in [-0.39, 0.29) is 12.4 Å². The number of hydrogen-bond acceptors (Lipinski definition) is 2. The molecule has 11 heavy (non-hydrogen) atoms. The van der Waals surface area contributed by atoms with Gasteiger partial charge in [0.2, 0.25) is 0 Å². The highest BCUT2D eigenvalue weighted by molar-refractivity contribution is 5.85. The second kappa shape index (κ2) is 4.74. The van der Waals surface area contributed by atoms with Crippen LogP contribution in [0.5, 0.6) is 0 Å². The zero-order chi connectivity index (χ0) is 7.40. The van der Waals surface area contributed by atoms with E-state index in [1.165, 1.54) is 11.8 Å². The van der Waals surface area contributed by atoms with Gasteiger partial charge in [0.1, 0.15) is 0 Å². The van der Waals surface area contributed by atoms with Gasteiger partial charge in [0.25, 0.3) is 0 Å². The first-order valence-electron chi connectivity index (χ1n) is 3.07. The number of aryl methyl sites for hydroxylation is 1. The Morgan fingerprint density at radius 3 is 2.27 bits per heavy atom. The fourth-order valence-corrected chi connectivity index (χ4v) is 0.719. The van der Waals surface area contributed by atoms with Gasteiger partial charge < -0.3 is 5.21 Å². The minimum atomic E-state index is 0. The predicted octanol–water partition coefficient (Wildman–Crippen LogP) is 2.22. The van der Waals surface area contributed by atoms with Crippen molar-refractivity contribution in [3.05, 3.63) is 35.4 Å². The van der Waals surface area contributed by atoms with Gasteiger partial charge in [-0.05, 0) is 12.5 Å². The molecule has 0 heterocycles. The molecule has 0 atom stereocenters. The Kier molecular flexibility index (Phi) is 4.30. The summed E-state index contributed by atoms with van der Waals surface area (Å²) in [4.78, 5) is 0. The van der Waals surface area contributed by atoms with Crippen molar-refractivity contribution in [3.63, 3.8) is 0 Å². The lowest BCUT2D eigenvalue weighted by atomic mass is 10.2. The van der Waals surface area contributed by atoms with Gasteiger partial charge in [-0.2, -0.15) is 0 Å². The third-order valence-corrected chi connectivity index (χ3v) is 1.28. The SMILES string of the molecule is Cc1ccc(/C=N/O)cc1.Cl. The average molecular weight is 172 g/mol. The molecule has 0 aromatic heterocycles. The monoisotopic (exact) mass is 171 g/mol. The van der Waals surface area contributed by atoms with E-state index < -0.39 is 0 Å². The molecule has 1 rings (SSSR count). The number of rotatable bonds is 1. The maximum atomic E-state index is 8.16. The Morgan fingerprint density at radius 1 is 1.27 bits per heavy atom. The first kappa shape index (κ1) is 9.98. The molecule has 0 saturated carbocycles. The molecule has 0 bridgehead atoms. The van der Waals surface area contributed by atoms with Crippen molar-refractivity contribution in [3.8, 4) is 0 Å². The Morgan fingerprint density at radius 2 is 1.82 bits per heavy atom. The van der Waals surface area contributed by atoms with Crippen LogP contribution in [-0.2, 0) is 0 Å². The smallest absolute Gasteiger partial charge is 0.0733 e. The molecule has 1 N–H and O–H groups in total. The molecule has 60 valence electrons. The summed E-state index contributed by atoms with van der Waals surface area (Å²) in [7, 11) is 0. The summed E-state index contributed by atoms with van der Waals surface area (Å²) in [6, 6.07) is 7.73. The van der Waals surface area contributed by atoms with E-state index in [1.807, 2.05) is 31.2 Å². The second-order valence-corrected chi connectivity index (χ2v) is 2.16. The van der Waals surface area contributed by atoms with Gasteiger partial charge in [0.15, 0.2) is 0 Å². The van der Waals surface area contributed by atoms with Crippen molar-refractivity contribution in [1.29, 1.82) is 0 Å². The zero-order valence-electron chi connectivity index (χ0n) is 6.19. The molecule has 0 saturated heterocycles. The molecule has 0 aliphatic heterocycles. The van der Waals surface area contributed by atoms with Crippen LogP contribution in [-0.4, -0.2) is 11.4 Å². The van der Waals surface area contributed by atoms with Crippen molar-refractivity contribution >= 4 is 18.6 Å². The summed E-state index contributed by atoms with van der Waals surface area (Å²) in [6.45, 7) is 2.01. The lowest BCUT2D eigenvalue weighted by Gasteiger charge is -1.91. The van der Waals surface area contributed by atoms with Crippen LogP contribution in [0.4, 0.5) is 0 Å². The molecule has 0 amide bonds. The molecule has 1 aromatic rings. The number of oxime groups is 1. The van der Waals surface area contributed by atoms with Gasteiger partial charge in [0, 0.05) is 0 Å². The molecule has 0 spiro atoms. The largest absolute Gasteiger partial charge is 0.411 e. The second-order valence-electron chi connectivity index (χ2n) is 2.16. The van der Waals surface area contributed by atoms with Crippen LogP contribution in [0, 0.1) is 6.92 Å². The van der Waals surface area contributed by atoms with Crippen LogP contribution in [0.3, 0.4) is 0 Å². The first-order chi connectivity index (χ1) is 4.83. The standard InChI is InChI=1S/C8H9NO.ClH/c1-7-2-4-8(5-3-7)6-9-10;/h2-6,10H,1H3;1H/b9-6+;. The predicted molar refractivity (Wildman–Crippen MR) is 47.8 cm³/mol. The summed E-state index contributed by atoms with van der Waals surface area (Å²) in [5.41, 5.74) is 2.11. The molecule has 0 fully saturated rings. The molecular formula is C8H10ClNO. The van der Waals surface area contributed by atoms with E-state index in [9.17, 15) is 0 Å². The van der Waals surface area contributed by atoms with Gasteiger partial charge >= 0.3 is 0 Å². The number of hydrogen-bond donors (Lipinski definition) is 1. The quantitative estimate of drug-likeness (QED) is 0.392. The highest BCUT2D eigenvalue weighted by Crippen LogP contribution is 1.99. The van der Waals surface area contributed by atoms with E-state index in [0.29, 0.717) is 0 Å². The maximum absolute atomic E-state index is 8.16. The van der Waals surface area contributed by atoms with Crippen LogP contribution in [0.1, 0.15) is 11.1 Å². The summed E-state index contributed by atoms with van der Waals surface area (Å²) in [6.07, 6.45) is 1.40. The molecular weight excluding hydrogens is 162 g/mol. The van der Waals surface area contributed by atoms with E-state index in [2.05, 4.69) is 5.16 Å². The van der Waals surface area contributed by atoms with Crippen molar-refractivity contribution in [2.75, 3.05) is 0 Å².